The van der Waals surface area contributed by atoms with Crippen molar-refractivity contribution in [1.82, 2.24) is 15.0 Å². The summed E-state index contributed by atoms with van der Waals surface area (Å²) in [6, 6.07) is 7.94. The van der Waals surface area contributed by atoms with E-state index in [0.717, 1.165) is 74.8 Å². The van der Waals surface area contributed by atoms with E-state index >= 15 is 0 Å². The second kappa shape index (κ2) is 10.5. The zero-order valence-electron chi connectivity index (χ0n) is 22.0. The molecule has 10 heteroatoms. The number of aliphatic hydroxyl groups excluding tert-OH is 1. The van der Waals surface area contributed by atoms with Gasteiger partial charge in [-0.3, -0.25) is 14.5 Å². The lowest BCUT2D eigenvalue weighted by molar-refractivity contribution is -0.215. The molecule has 0 radical (unpaired) electrons. The number of benzene rings is 1. The van der Waals surface area contributed by atoms with E-state index in [9.17, 15) is 27.9 Å². The van der Waals surface area contributed by atoms with E-state index in [4.69, 9.17) is 4.52 Å². The Morgan fingerprint density at radius 3 is 2.26 bits per heavy atom. The second-order valence-corrected chi connectivity index (χ2v) is 12.1. The summed E-state index contributed by atoms with van der Waals surface area (Å²) in [5, 5.41) is 15.5. The highest BCUT2D eigenvalue weighted by Gasteiger charge is 2.58. The van der Waals surface area contributed by atoms with Crippen LogP contribution in [0.5, 0.6) is 0 Å². The fourth-order valence-corrected chi connectivity index (χ4v) is 7.69. The minimum absolute atomic E-state index is 0.146. The summed E-state index contributed by atoms with van der Waals surface area (Å²) >= 11 is 0. The monoisotopic (exact) mass is 547 g/mol. The number of carbonyl (C=O) groups is 2. The largest absolute Gasteiger partial charge is 0.394 e. The molecule has 6 atom stereocenters. The summed E-state index contributed by atoms with van der Waals surface area (Å²) in [5.74, 6) is -3.79. The van der Waals surface area contributed by atoms with Crippen molar-refractivity contribution in [2.45, 2.75) is 69.6 Å². The first kappa shape index (κ1) is 26.7. The van der Waals surface area contributed by atoms with Crippen molar-refractivity contribution in [3.05, 3.63) is 30.0 Å². The van der Waals surface area contributed by atoms with Crippen LogP contribution in [0.2, 0.25) is 0 Å². The molecule has 7 nitrogen and oxygen atoms in total. The van der Waals surface area contributed by atoms with Crippen LogP contribution in [0.15, 0.2) is 28.8 Å². The van der Waals surface area contributed by atoms with Crippen LogP contribution in [0, 0.1) is 29.6 Å². The topological polar surface area (TPSA) is 86.9 Å². The van der Waals surface area contributed by atoms with Crippen LogP contribution in [0.25, 0.3) is 11.0 Å². The molecule has 2 aromatic rings. The van der Waals surface area contributed by atoms with Crippen LogP contribution in [0.4, 0.5) is 13.2 Å². The number of aliphatic hydroxyl groups is 1. The molecule has 4 fully saturated rings. The molecule has 2 saturated carbocycles. The molecule has 1 N–H and O–H groups in total. The van der Waals surface area contributed by atoms with Gasteiger partial charge >= 0.3 is 6.18 Å². The summed E-state index contributed by atoms with van der Waals surface area (Å²) in [6.07, 6.45) is -0.961. The Morgan fingerprint density at radius 2 is 1.56 bits per heavy atom. The van der Waals surface area contributed by atoms with Gasteiger partial charge in [-0.05, 0) is 75.6 Å². The van der Waals surface area contributed by atoms with E-state index in [0.29, 0.717) is 11.8 Å². The van der Waals surface area contributed by atoms with Gasteiger partial charge in [-0.1, -0.05) is 30.1 Å². The Morgan fingerprint density at radius 1 is 0.923 bits per heavy atom. The molecule has 0 spiro atoms. The maximum Gasteiger partial charge on any atom is 0.394 e. The Kier molecular flexibility index (Phi) is 7.20. The third kappa shape index (κ3) is 5.10. The van der Waals surface area contributed by atoms with E-state index in [1.54, 1.807) is 0 Å². The lowest BCUT2D eigenvalue weighted by Gasteiger charge is -2.39. The van der Waals surface area contributed by atoms with Crippen molar-refractivity contribution < 1.29 is 32.4 Å². The number of para-hydroxylation sites is 1. The number of hydrogen-bond donors (Lipinski definition) is 1. The number of hydrogen-bond acceptors (Lipinski definition) is 6. The summed E-state index contributed by atoms with van der Waals surface area (Å²) in [4.78, 5) is 30.0. The summed E-state index contributed by atoms with van der Waals surface area (Å²) < 4.78 is 45.7. The quantitative estimate of drug-likeness (QED) is 0.544. The number of imide groups is 1. The number of halogens is 3. The van der Waals surface area contributed by atoms with Crippen LogP contribution in [0.1, 0.15) is 63.0 Å². The maximum atomic E-state index is 13.4. The van der Waals surface area contributed by atoms with Gasteiger partial charge < -0.3 is 14.5 Å². The minimum Gasteiger partial charge on any atom is -0.392 e. The van der Waals surface area contributed by atoms with Gasteiger partial charge in [0.05, 0.1) is 29.6 Å². The molecule has 5 unspecified atom stereocenters. The fourth-order valence-electron chi connectivity index (χ4n) is 7.69. The lowest BCUT2D eigenvalue weighted by atomic mass is 9.73. The average molecular weight is 548 g/mol. The summed E-state index contributed by atoms with van der Waals surface area (Å²) in [6.45, 7) is 3.06. The molecular formula is C29H36F3N3O4. The third-order valence-corrected chi connectivity index (χ3v) is 9.90. The molecule has 1 aromatic carbocycles. The molecule has 6 rings (SSSR count). The summed E-state index contributed by atoms with van der Waals surface area (Å²) in [5.41, 5.74) is 1.85. The molecule has 2 aliphatic heterocycles. The van der Waals surface area contributed by atoms with Crippen molar-refractivity contribution in [3.63, 3.8) is 0 Å². The first-order valence-electron chi connectivity index (χ1n) is 14.4. The molecule has 2 aliphatic carbocycles. The molecule has 39 heavy (non-hydrogen) atoms. The third-order valence-electron chi connectivity index (χ3n) is 9.90. The molecule has 0 bridgehead atoms. The molecule has 2 saturated heterocycles. The molecule has 212 valence electrons. The molecule has 1 aromatic heterocycles. The van der Waals surface area contributed by atoms with Gasteiger partial charge in [0.25, 0.3) is 0 Å². The number of carbonyl (C=O) groups excluding carboxylic acids is 2. The van der Waals surface area contributed by atoms with Gasteiger partial charge in [-0.2, -0.15) is 13.2 Å². The van der Waals surface area contributed by atoms with Gasteiger partial charge in [0.1, 0.15) is 0 Å². The number of rotatable bonds is 5. The lowest BCUT2D eigenvalue weighted by Crippen LogP contribution is -2.44. The maximum absolute atomic E-state index is 13.4. The standard InChI is InChI=1S/C29H36F3N3O4/c30-29(31,32)23-13-21-22(14-24(23)36)28(38)35(27(21)37)16-19-6-2-1-5-18(19)15-34-11-9-17(10-12-34)26-20-7-3-4-8-25(20)39-33-26/h3-4,7-8,17-19,21-24,36H,1-2,5-6,9-16H2/t18-,19?,21?,22?,23?,24?/m1/s1. The number of fused-ring (bicyclic) bond motifs is 2. The molecule has 4 aliphatic rings. The smallest absolute Gasteiger partial charge is 0.392 e. The summed E-state index contributed by atoms with van der Waals surface area (Å²) in [7, 11) is 0. The van der Waals surface area contributed by atoms with E-state index in [-0.39, 0.29) is 18.9 Å². The number of likely N-dealkylation sites (tertiary alicyclic amines) is 2. The highest BCUT2D eigenvalue weighted by atomic mass is 19.4. The number of nitrogens with zero attached hydrogens (tertiary/aromatic N) is 3. The van der Waals surface area contributed by atoms with Crippen molar-refractivity contribution in [2.24, 2.45) is 29.6 Å². The molecule has 3 heterocycles. The minimum atomic E-state index is -4.58. The predicted molar refractivity (Wildman–Crippen MR) is 136 cm³/mol. The van der Waals surface area contributed by atoms with Crippen LogP contribution < -0.4 is 0 Å². The number of alkyl halides is 3. The number of piperidine rings is 1. The van der Waals surface area contributed by atoms with Gasteiger partial charge in [0.2, 0.25) is 11.8 Å². The van der Waals surface area contributed by atoms with E-state index in [1.165, 1.54) is 4.90 Å². The number of aromatic nitrogens is 1. The molecule has 2 amide bonds. The van der Waals surface area contributed by atoms with Gasteiger partial charge in [0.15, 0.2) is 5.58 Å². The van der Waals surface area contributed by atoms with E-state index in [2.05, 4.69) is 16.1 Å². The van der Waals surface area contributed by atoms with Crippen LogP contribution in [-0.2, 0) is 9.59 Å². The van der Waals surface area contributed by atoms with E-state index < -0.39 is 48.3 Å². The second-order valence-electron chi connectivity index (χ2n) is 12.1. The normalized spacial score (nSPS) is 33.2. The highest BCUT2D eigenvalue weighted by Crippen LogP contribution is 2.47. The Balaban J connectivity index is 1.07. The molecular weight excluding hydrogens is 511 g/mol. The van der Waals surface area contributed by atoms with Crippen molar-refractivity contribution in [3.8, 4) is 0 Å². The first-order chi connectivity index (χ1) is 18.7. The van der Waals surface area contributed by atoms with Crippen molar-refractivity contribution in [1.29, 1.82) is 0 Å². The van der Waals surface area contributed by atoms with Crippen LogP contribution in [-0.4, -0.2) is 70.3 Å². The SMILES string of the molecule is O=C1C2CC(O)C(C(F)(F)F)CC2C(=O)N1CC1CCCC[C@@H]1CN1CCC(c2noc3ccccc23)CC1. The highest BCUT2D eigenvalue weighted by molar-refractivity contribution is 6.05. The van der Waals surface area contributed by atoms with Crippen LogP contribution in [0.3, 0.4) is 0 Å². The van der Waals surface area contributed by atoms with Gasteiger partial charge in [-0.25, -0.2) is 0 Å². The van der Waals surface area contributed by atoms with Gasteiger partial charge in [0, 0.05) is 24.4 Å². The Hall–Kier alpha value is -2.46. The zero-order valence-corrected chi connectivity index (χ0v) is 22.0. The average Bonchev–Trinajstić information content (AvgIpc) is 3.44. The Labute approximate surface area is 225 Å². The van der Waals surface area contributed by atoms with Crippen LogP contribution >= 0.6 is 0 Å². The van der Waals surface area contributed by atoms with Crippen molar-refractivity contribution in [2.75, 3.05) is 26.2 Å². The van der Waals surface area contributed by atoms with Crippen molar-refractivity contribution >= 4 is 22.8 Å². The predicted octanol–water partition coefficient (Wildman–Crippen LogP) is 4.75. The fraction of sp³-hybridized carbons (Fsp3) is 0.690. The zero-order chi connectivity index (χ0) is 27.3. The number of amides is 2. The van der Waals surface area contributed by atoms with Gasteiger partial charge in [-0.15, -0.1) is 0 Å². The van der Waals surface area contributed by atoms with E-state index in [1.807, 2.05) is 18.2 Å². The Bertz CT molecular complexity index is 1210. The first-order valence-corrected chi connectivity index (χ1v) is 14.4.